The van der Waals surface area contributed by atoms with E-state index in [0.717, 1.165) is 23.8 Å². The quantitative estimate of drug-likeness (QED) is 0.699. The molecule has 0 spiro atoms. The minimum atomic E-state index is 0.314. The van der Waals surface area contributed by atoms with Gasteiger partial charge in [-0.2, -0.15) is 0 Å². The molecule has 0 aliphatic heterocycles. The lowest BCUT2D eigenvalue weighted by Gasteiger charge is -2.37. The minimum Gasteiger partial charge on any atom is -0.497 e. The van der Waals surface area contributed by atoms with Gasteiger partial charge in [0.1, 0.15) is 5.75 Å². The van der Waals surface area contributed by atoms with Gasteiger partial charge in [0.05, 0.1) is 13.5 Å². The van der Waals surface area contributed by atoms with Crippen LogP contribution in [0.2, 0.25) is 0 Å². The Bertz CT molecular complexity index is 645. The molecule has 3 atom stereocenters. The van der Waals surface area contributed by atoms with Crippen LogP contribution in [0.15, 0.2) is 36.4 Å². The summed E-state index contributed by atoms with van der Waals surface area (Å²) in [6.07, 6.45) is 14.1. The molecule has 1 amide bonds. The van der Waals surface area contributed by atoms with Crippen LogP contribution in [0.25, 0.3) is 0 Å². The number of hydrogen-bond acceptors (Lipinski definition) is 2. The van der Waals surface area contributed by atoms with Crippen molar-refractivity contribution in [3.05, 3.63) is 42.0 Å². The predicted octanol–water partition coefficient (Wildman–Crippen LogP) is 4.61. The highest BCUT2D eigenvalue weighted by atomic mass is 16.5. The molecule has 0 saturated heterocycles. The van der Waals surface area contributed by atoms with Gasteiger partial charge in [0.15, 0.2) is 0 Å². The van der Waals surface area contributed by atoms with Gasteiger partial charge in [-0.05, 0) is 61.1 Å². The van der Waals surface area contributed by atoms with Gasteiger partial charge < -0.3 is 9.64 Å². The molecule has 3 aliphatic carbocycles. The van der Waals surface area contributed by atoms with Gasteiger partial charge >= 0.3 is 0 Å². The van der Waals surface area contributed by atoms with E-state index in [1.54, 1.807) is 7.11 Å². The molecular formula is C23H31NO2. The Hall–Kier alpha value is -1.77. The van der Waals surface area contributed by atoms with Crippen LogP contribution in [0.1, 0.15) is 50.5 Å². The van der Waals surface area contributed by atoms with Crippen LogP contribution >= 0.6 is 0 Å². The SMILES string of the molecule is COc1ccc(CC(=O)N(CC2CC3C=CC2C3)C2CCCCC2)cc1. The number of carbonyl (C=O) groups excluding carboxylic acids is 1. The number of carbonyl (C=O) groups is 1. The maximum Gasteiger partial charge on any atom is 0.227 e. The summed E-state index contributed by atoms with van der Waals surface area (Å²) in [5.41, 5.74) is 1.09. The molecule has 0 N–H and O–H groups in total. The van der Waals surface area contributed by atoms with Crippen LogP contribution in [0.4, 0.5) is 0 Å². The monoisotopic (exact) mass is 353 g/mol. The number of benzene rings is 1. The smallest absolute Gasteiger partial charge is 0.227 e. The molecule has 0 radical (unpaired) electrons. The van der Waals surface area contributed by atoms with Crippen LogP contribution in [-0.4, -0.2) is 30.5 Å². The zero-order valence-electron chi connectivity index (χ0n) is 15.9. The Labute approximate surface area is 157 Å². The van der Waals surface area contributed by atoms with Gasteiger partial charge in [-0.1, -0.05) is 43.5 Å². The highest BCUT2D eigenvalue weighted by Gasteiger charge is 2.38. The second-order valence-electron chi connectivity index (χ2n) is 8.40. The summed E-state index contributed by atoms with van der Waals surface area (Å²) in [5, 5.41) is 0. The molecule has 0 aromatic heterocycles. The predicted molar refractivity (Wildman–Crippen MR) is 104 cm³/mol. The third-order valence-corrected chi connectivity index (χ3v) is 6.70. The van der Waals surface area contributed by atoms with Gasteiger partial charge in [-0.15, -0.1) is 0 Å². The van der Waals surface area contributed by atoms with Crippen molar-refractivity contribution in [2.75, 3.05) is 13.7 Å². The van der Waals surface area contributed by atoms with E-state index >= 15 is 0 Å². The zero-order chi connectivity index (χ0) is 17.9. The van der Waals surface area contributed by atoms with Gasteiger partial charge in [0.25, 0.3) is 0 Å². The summed E-state index contributed by atoms with van der Waals surface area (Å²) >= 11 is 0. The van der Waals surface area contributed by atoms with Gasteiger partial charge in [0, 0.05) is 12.6 Å². The topological polar surface area (TPSA) is 29.5 Å². The first-order valence-electron chi connectivity index (χ1n) is 10.3. The van der Waals surface area contributed by atoms with Crippen molar-refractivity contribution in [1.82, 2.24) is 4.90 Å². The van der Waals surface area contributed by atoms with Crippen molar-refractivity contribution in [3.63, 3.8) is 0 Å². The molecular weight excluding hydrogens is 322 g/mol. The first-order chi connectivity index (χ1) is 12.7. The Balaban J connectivity index is 1.45. The standard InChI is InChI=1S/C23H31NO2/c1-26-22-11-8-17(9-12-22)15-23(25)24(21-5-3-2-4-6-21)16-20-14-18-7-10-19(20)13-18/h7-12,18-21H,2-6,13-16H2,1H3. The summed E-state index contributed by atoms with van der Waals surface area (Å²) in [6, 6.07) is 8.41. The molecule has 3 aliphatic rings. The van der Waals surface area contributed by atoms with Crippen LogP contribution in [0.5, 0.6) is 5.75 Å². The fraction of sp³-hybridized carbons (Fsp3) is 0.609. The molecule has 2 bridgehead atoms. The molecule has 26 heavy (non-hydrogen) atoms. The fourth-order valence-corrected chi connectivity index (χ4v) is 5.22. The largest absolute Gasteiger partial charge is 0.497 e. The summed E-state index contributed by atoms with van der Waals surface area (Å²) in [7, 11) is 1.68. The zero-order valence-corrected chi connectivity index (χ0v) is 15.9. The van der Waals surface area contributed by atoms with Gasteiger partial charge in [0.2, 0.25) is 5.91 Å². The number of rotatable bonds is 6. The van der Waals surface area contributed by atoms with E-state index in [2.05, 4.69) is 17.1 Å². The van der Waals surface area contributed by atoms with E-state index < -0.39 is 0 Å². The van der Waals surface area contributed by atoms with E-state index in [9.17, 15) is 4.79 Å². The maximum absolute atomic E-state index is 13.2. The Kier molecular flexibility index (Phi) is 5.33. The van der Waals surface area contributed by atoms with Crippen molar-refractivity contribution < 1.29 is 9.53 Å². The van der Waals surface area contributed by atoms with Gasteiger partial charge in [-0.3, -0.25) is 4.79 Å². The normalized spacial score (nSPS) is 27.7. The third-order valence-electron chi connectivity index (χ3n) is 6.70. The molecule has 1 aromatic rings. The molecule has 3 unspecified atom stereocenters. The van der Waals surface area contributed by atoms with Crippen LogP contribution in [0.3, 0.4) is 0 Å². The van der Waals surface area contributed by atoms with E-state index in [4.69, 9.17) is 4.74 Å². The maximum atomic E-state index is 13.2. The average Bonchev–Trinajstić information content (AvgIpc) is 3.30. The minimum absolute atomic E-state index is 0.314. The molecule has 1 aromatic carbocycles. The van der Waals surface area contributed by atoms with Crippen molar-refractivity contribution in [2.24, 2.45) is 17.8 Å². The van der Waals surface area contributed by atoms with Crippen LogP contribution < -0.4 is 4.74 Å². The summed E-state index contributed by atoms with van der Waals surface area (Å²) < 4.78 is 5.23. The Morgan fingerprint density at radius 1 is 1.08 bits per heavy atom. The fourth-order valence-electron chi connectivity index (χ4n) is 5.22. The molecule has 3 nitrogen and oxygen atoms in total. The molecule has 2 saturated carbocycles. The van der Waals surface area contributed by atoms with E-state index in [-0.39, 0.29) is 0 Å². The first kappa shape index (κ1) is 17.6. The first-order valence-corrected chi connectivity index (χ1v) is 10.3. The number of fused-ring (bicyclic) bond motifs is 2. The van der Waals surface area contributed by atoms with Crippen molar-refractivity contribution >= 4 is 5.91 Å². The second-order valence-corrected chi connectivity index (χ2v) is 8.40. The van der Waals surface area contributed by atoms with Crippen molar-refractivity contribution in [2.45, 2.75) is 57.4 Å². The number of hydrogen-bond donors (Lipinski definition) is 0. The highest BCUT2D eigenvalue weighted by Crippen LogP contribution is 2.44. The number of amides is 1. The van der Waals surface area contributed by atoms with E-state index in [0.29, 0.717) is 30.2 Å². The lowest BCUT2D eigenvalue weighted by Crippen LogP contribution is -2.45. The van der Waals surface area contributed by atoms with Crippen molar-refractivity contribution in [3.8, 4) is 5.75 Å². The molecule has 3 heteroatoms. The molecule has 2 fully saturated rings. The number of methoxy groups -OCH3 is 1. The molecule has 0 heterocycles. The van der Waals surface area contributed by atoms with Crippen LogP contribution in [-0.2, 0) is 11.2 Å². The molecule has 4 rings (SSSR count). The van der Waals surface area contributed by atoms with E-state index in [1.165, 1.54) is 44.9 Å². The molecule has 140 valence electrons. The Morgan fingerprint density at radius 2 is 1.85 bits per heavy atom. The Morgan fingerprint density at radius 3 is 2.46 bits per heavy atom. The number of allylic oxidation sites excluding steroid dienone is 2. The third kappa shape index (κ3) is 3.82. The van der Waals surface area contributed by atoms with Gasteiger partial charge in [-0.25, -0.2) is 0 Å². The summed E-state index contributed by atoms with van der Waals surface area (Å²) in [5.74, 6) is 3.31. The highest BCUT2D eigenvalue weighted by molar-refractivity contribution is 5.79. The summed E-state index contributed by atoms with van der Waals surface area (Å²) in [4.78, 5) is 15.5. The number of ether oxygens (including phenoxy) is 1. The van der Waals surface area contributed by atoms with E-state index in [1.807, 2.05) is 24.3 Å². The lowest BCUT2D eigenvalue weighted by molar-refractivity contribution is -0.134. The van der Waals surface area contributed by atoms with Crippen LogP contribution in [0, 0.1) is 17.8 Å². The second kappa shape index (κ2) is 7.85. The lowest BCUT2D eigenvalue weighted by atomic mass is 9.89. The van der Waals surface area contributed by atoms with Crippen molar-refractivity contribution in [1.29, 1.82) is 0 Å². The summed E-state index contributed by atoms with van der Waals surface area (Å²) in [6.45, 7) is 0.963. The number of nitrogens with zero attached hydrogens (tertiary/aromatic N) is 1. The average molecular weight is 354 g/mol.